The van der Waals surface area contributed by atoms with Gasteiger partial charge >= 0.3 is 5.97 Å². The lowest BCUT2D eigenvalue weighted by molar-refractivity contribution is -0.146. The van der Waals surface area contributed by atoms with Crippen molar-refractivity contribution in [2.24, 2.45) is 0 Å². The van der Waals surface area contributed by atoms with Gasteiger partial charge in [0.1, 0.15) is 6.04 Å². The molecule has 1 aromatic heterocycles. The Bertz CT molecular complexity index is 380. The van der Waals surface area contributed by atoms with Crippen molar-refractivity contribution in [1.29, 1.82) is 0 Å². The van der Waals surface area contributed by atoms with Gasteiger partial charge in [-0.1, -0.05) is 0 Å². The van der Waals surface area contributed by atoms with Crippen LogP contribution in [-0.4, -0.2) is 30.6 Å². The molecule has 5 heteroatoms. The summed E-state index contributed by atoms with van der Waals surface area (Å²) in [6.07, 6.45) is 1.98. The number of nitrogens with zero attached hydrogens (tertiary/aromatic N) is 1. The largest absolute Gasteiger partial charge is 0.468 e. The lowest BCUT2D eigenvalue weighted by atomic mass is 10.2. The summed E-state index contributed by atoms with van der Waals surface area (Å²) in [5.41, 5.74) is 0. The van der Waals surface area contributed by atoms with Crippen LogP contribution in [0.15, 0.2) is 15.9 Å². The second kappa shape index (κ2) is 5.29. The Labute approximate surface area is 108 Å². The number of carbonyl (C=O) groups excluding carboxylic acids is 1. The lowest BCUT2D eigenvalue weighted by Gasteiger charge is -2.21. The van der Waals surface area contributed by atoms with Crippen molar-refractivity contribution < 1.29 is 9.53 Å². The van der Waals surface area contributed by atoms with Crippen molar-refractivity contribution in [2.75, 3.05) is 13.7 Å². The van der Waals surface area contributed by atoms with Gasteiger partial charge in [0, 0.05) is 15.9 Å². The smallest absolute Gasteiger partial charge is 0.323 e. The molecular formula is C11H14BrNO2S. The molecule has 88 valence electrons. The van der Waals surface area contributed by atoms with Gasteiger partial charge in [-0.2, -0.15) is 0 Å². The predicted molar refractivity (Wildman–Crippen MR) is 67.5 cm³/mol. The third kappa shape index (κ3) is 2.47. The van der Waals surface area contributed by atoms with Crippen molar-refractivity contribution in [3.63, 3.8) is 0 Å². The van der Waals surface area contributed by atoms with Gasteiger partial charge in [-0.15, -0.1) is 11.3 Å². The van der Waals surface area contributed by atoms with Crippen LogP contribution in [0.25, 0.3) is 0 Å². The Hall–Kier alpha value is -0.390. The minimum atomic E-state index is -0.106. The zero-order valence-electron chi connectivity index (χ0n) is 9.11. The molecule has 0 amide bonds. The number of hydrogen-bond acceptors (Lipinski definition) is 4. The average molecular weight is 304 g/mol. The van der Waals surface area contributed by atoms with Crippen LogP contribution < -0.4 is 0 Å². The number of rotatable bonds is 3. The molecule has 1 aliphatic rings. The van der Waals surface area contributed by atoms with E-state index >= 15 is 0 Å². The van der Waals surface area contributed by atoms with Crippen molar-refractivity contribution in [3.8, 4) is 0 Å². The first-order chi connectivity index (χ1) is 7.72. The Balaban J connectivity index is 2.04. The summed E-state index contributed by atoms with van der Waals surface area (Å²) < 4.78 is 5.96. The van der Waals surface area contributed by atoms with Crippen LogP contribution in [0, 0.1) is 0 Å². The molecule has 0 unspecified atom stereocenters. The summed E-state index contributed by atoms with van der Waals surface area (Å²) in [6, 6.07) is 1.99. The highest BCUT2D eigenvalue weighted by molar-refractivity contribution is 9.10. The second-order valence-electron chi connectivity index (χ2n) is 3.84. The van der Waals surface area contributed by atoms with Gasteiger partial charge in [0.05, 0.1) is 7.11 Å². The third-order valence-electron chi connectivity index (χ3n) is 2.87. The number of methoxy groups -OCH3 is 1. The van der Waals surface area contributed by atoms with Crippen LogP contribution in [0.1, 0.15) is 17.7 Å². The molecular weight excluding hydrogens is 290 g/mol. The Morgan fingerprint density at radius 3 is 3.19 bits per heavy atom. The molecule has 1 saturated heterocycles. The van der Waals surface area contributed by atoms with Crippen LogP contribution in [0.4, 0.5) is 0 Å². The molecule has 1 aromatic rings. The van der Waals surface area contributed by atoms with Crippen LogP contribution in [0.2, 0.25) is 0 Å². The van der Waals surface area contributed by atoms with Gasteiger partial charge < -0.3 is 4.74 Å². The van der Waals surface area contributed by atoms with Crippen LogP contribution in [-0.2, 0) is 16.1 Å². The Morgan fingerprint density at radius 1 is 1.75 bits per heavy atom. The molecule has 0 saturated carbocycles. The summed E-state index contributed by atoms with van der Waals surface area (Å²) in [4.78, 5) is 15.0. The van der Waals surface area contributed by atoms with E-state index in [0.29, 0.717) is 0 Å². The maximum atomic E-state index is 11.6. The van der Waals surface area contributed by atoms with E-state index in [1.165, 1.54) is 12.0 Å². The standard InChI is InChI=1S/C11H14BrNO2S/c1-15-11(14)9-3-2-5-13(9)7-10-8(12)4-6-16-10/h4,6,9H,2-3,5,7H2,1H3/t9-/m0/s1. The summed E-state index contributed by atoms with van der Waals surface area (Å²) in [6.45, 7) is 1.81. The molecule has 1 fully saturated rings. The van der Waals surface area contributed by atoms with E-state index in [0.717, 1.165) is 30.4 Å². The number of esters is 1. The summed E-state index contributed by atoms with van der Waals surface area (Å²) in [5, 5.41) is 2.06. The molecule has 0 aliphatic carbocycles. The Morgan fingerprint density at radius 2 is 2.56 bits per heavy atom. The van der Waals surface area contributed by atoms with Gasteiger partial charge in [0.25, 0.3) is 0 Å². The fourth-order valence-corrected chi connectivity index (χ4v) is 3.54. The monoisotopic (exact) mass is 303 g/mol. The highest BCUT2D eigenvalue weighted by Gasteiger charge is 2.31. The predicted octanol–water partition coefficient (Wildman–Crippen LogP) is 2.65. The number of ether oxygens (including phenoxy) is 1. The molecule has 3 nitrogen and oxygen atoms in total. The van der Waals surface area contributed by atoms with Crippen molar-refractivity contribution in [3.05, 3.63) is 20.8 Å². The highest BCUT2D eigenvalue weighted by atomic mass is 79.9. The minimum Gasteiger partial charge on any atom is -0.468 e. The van der Waals surface area contributed by atoms with Gasteiger partial charge in [-0.05, 0) is 46.8 Å². The van der Waals surface area contributed by atoms with Crippen LogP contribution in [0.5, 0.6) is 0 Å². The fourth-order valence-electron chi connectivity index (χ4n) is 2.04. The molecule has 2 heterocycles. The second-order valence-corrected chi connectivity index (χ2v) is 5.70. The van der Waals surface area contributed by atoms with E-state index in [4.69, 9.17) is 4.74 Å². The molecule has 2 rings (SSSR count). The number of hydrogen-bond donors (Lipinski definition) is 0. The first kappa shape index (κ1) is 12.1. The molecule has 0 N–H and O–H groups in total. The van der Waals surface area contributed by atoms with E-state index < -0.39 is 0 Å². The van der Waals surface area contributed by atoms with Crippen LogP contribution >= 0.6 is 27.3 Å². The highest BCUT2D eigenvalue weighted by Crippen LogP contribution is 2.28. The number of halogens is 1. The van der Waals surface area contributed by atoms with Gasteiger partial charge in [-0.25, -0.2) is 0 Å². The van der Waals surface area contributed by atoms with Gasteiger partial charge in [0.2, 0.25) is 0 Å². The maximum Gasteiger partial charge on any atom is 0.323 e. The van der Waals surface area contributed by atoms with E-state index in [1.54, 1.807) is 11.3 Å². The zero-order valence-corrected chi connectivity index (χ0v) is 11.5. The first-order valence-electron chi connectivity index (χ1n) is 5.26. The fraction of sp³-hybridized carbons (Fsp3) is 0.545. The zero-order chi connectivity index (χ0) is 11.5. The quantitative estimate of drug-likeness (QED) is 0.804. The SMILES string of the molecule is COC(=O)[C@@H]1CCCN1Cc1sccc1Br. The molecule has 0 spiro atoms. The topological polar surface area (TPSA) is 29.5 Å². The molecule has 0 bridgehead atoms. The van der Waals surface area contributed by atoms with Crippen molar-refractivity contribution in [1.82, 2.24) is 4.90 Å². The number of carbonyl (C=O) groups is 1. The minimum absolute atomic E-state index is 0.0565. The first-order valence-corrected chi connectivity index (χ1v) is 6.93. The van der Waals surface area contributed by atoms with Crippen LogP contribution in [0.3, 0.4) is 0 Å². The maximum absolute atomic E-state index is 11.6. The molecule has 0 radical (unpaired) electrons. The molecule has 16 heavy (non-hydrogen) atoms. The van der Waals surface area contributed by atoms with E-state index in [-0.39, 0.29) is 12.0 Å². The molecule has 0 aromatic carbocycles. The number of likely N-dealkylation sites (tertiary alicyclic amines) is 1. The van der Waals surface area contributed by atoms with Crippen molar-refractivity contribution in [2.45, 2.75) is 25.4 Å². The van der Waals surface area contributed by atoms with Gasteiger partial charge in [-0.3, -0.25) is 9.69 Å². The van der Waals surface area contributed by atoms with Crippen molar-refractivity contribution >= 4 is 33.2 Å². The third-order valence-corrected chi connectivity index (χ3v) is 4.79. The molecule has 1 atom stereocenters. The van der Waals surface area contributed by atoms with E-state index in [1.807, 2.05) is 6.07 Å². The number of thiophene rings is 1. The Kier molecular flexibility index (Phi) is 4.00. The lowest BCUT2D eigenvalue weighted by Crippen LogP contribution is -2.36. The summed E-state index contributed by atoms with van der Waals surface area (Å²) in [5.74, 6) is -0.106. The van der Waals surface area contributed by atoms with E-state index in [2.05, 4.69) is 26.2 Å². The molecule has 1 aliphatic heterocycles. The van der Waals surface area contributed by atoms with Gasteiger partial charge in [0.15, 0.2) is 0 Å². The van der Waals surface area contributed by atoms with E-state index in [9.17, 15) is 4.79 Å². The summed E-state index contributed by atoms with van der Waals surface area (Å²) in [7, 11) is 1.46. The summed E-state index contributed by atoms with van der Waals surface area (Å²) >= 11 is 5.23. The normalized spacial score (nSPS) is 21.2. The average Bonchev–Trinajstić information content (AvgIpc) is 2.88.